The molecule has 0 saturated carbocycles. The van der Waals surface area contributed by atoms with Gasteiger partial charge in [-0.3, -0.25) is 9.59 Å². The van der Waals surface area contributed by atoms with Crippen LogP contribution in [0.25, 0.3) is 21.9 Å². The van der Waals surface area contributed by atoms with E-state index in [0.29, 0.717) is 32.2 Å². The number of primary amides is 1. The SMILES string of the molecule is Cc1cn(CCC[C@@H](O)n2cnc(C(N)=O)c2)c2cc(NC(=O)CCc3nc4ccccc4n3C)ccc12. The van der Waals surface area contributed by atoms with Crippen molar-refractivity contribution in [3.63, 3.8) is 0 Å². The zero-order chi connectivity index (χ0) is 26.8. The number of aliphatic hydroxyl groups is 1. The van der Waals surface area contributed by atoms with Crippen LogP contribution in [0.5, 0.6) is 0 Å². The number of imidazole rings is 2. The molecule has 1 atom stereocenters. The molecule has 5 aromatic rings. The lowest BCUT2D eigenvalue weighted by molar-refractivity contribution is -0.116. The van der Waals surface area contributed by atoms with Crippen molar-refractivity contribution in [3.05, 3.63) is 78.3 Å². The number of para-hydroxylation sites is 2. The Balaban J connectivity index is 1.21. The molecule has 5 rings (SSSR count). The Labute approximate surface area is 219 Å². The van der Waals surface area contributed by atoms with Crippen LogP contribution in [0, 0.1) is 6.92 Å². The van der Waals surface area contributed by atoms with E-state index in [9.17, 15) is 14.7 Å². The van der Waals surface area contributed by atoms with E-state index in [1.165, 1.54) is 17.1 Å². The topological polar surface area (TPSA) is 133 Å². The normalized spacial score (nSPS) is 12.3. The number of rotatable bonds is 10. The van der Waals surface area contributed by atoms with Crippen molar-refractivity contribution in [1.29, 1.82) is 0 Å². The fraction of sp³-hybridized carbons (Fsp3) is 0.286. The number of hydrogen-bond donors (Lipinski definition) is 3. The number of aromatic nitrogens is 5. The fourth-order valence-electron chi connectivity index (χ4n) is 4.83. The van der Waals surface area contributed by atoms with Crippen LogP contribution >= 0.6 is 0 Å². The van der Waals surface area contributed by atoms with E-state index in [2.05, 4.69) is 33.0 Å². The summed E-state index contributed by atoms with van der Waals surface area (Å²) in [6.07, 6.45) is 6.20. The first-order valence-electron chi connectivity index (χ1n) is 12.6. The molecule has 38 heavy (non-hydrogen) atoms. The average Bonchev–Trinajstić information content (AvgIpc) is 3.60. The van der Waals surface area contributed by atoms with Crippen LogP contribution in [0.4, 0.5) is 5.69 Å². The first kappa shape index (κ1) is 25.2. The first-order valence-corrected chi connectivity index (χ1v) is 12.6. The quantitative estimate of drug-likeness (QED) is 0.262. The predicted molar refractivity (Wildman–Crippen MR) is 146 cm³/mol. The molecule has 3 heterocycles. The van der Waals surface area contributed by atoms with Crippen LogP contribution in [-0.2, 0) is 24.8 Å². The van der Waals surface area contributed by atoms with Gasteiger partial charge < -0.3 is 29.9 Å². The van der Waals surface area contributed by atoms with Gasteiger partial charge >= 0.3 is 0 Å². The smallest absolute Gasteiger partial charge is 0.268 e. The van der Waals surface area contributed by atoms with Crippen LogP contribution in [0.15, 0.2) is 61.2 Å². The molecule has 0 unspecified atom stereocenters. The Kier molecular flexibility index (Phi) is 6.97. The molecule has 0 aliphatic carbocycles. The van der Waals surface area contributed by atoms with E-state index < -0.39 is 12.1 Å². The predicted octanol–water partition coefficient (Wildman–Crippen LogP) is 3.67. The number of fused-ring (bicyclic) bond motifs is 2. The van der Waals surface area contributed by atoms with Gasteiger partial charge in [0.15, 0.2) is 0 Å². The van der Waals surface area contributed by atoms with Gasteiger partial charge in [0.1, 0.15) is 17.7 Å². The summed E-state index contributed by atoms with van der Waals surface area (Å²) >= 11 is 0. The van der Waals surface area contributed by atoms with Gasteiger partial charge in [0.2, 0.25) is 5.91 Å². The van der Waals surface area contributed by atoms with Gasteiger partial charge in [-0.1, -0.05) is 18.2 Å². The number of nitrogens with zero attached hydrogens (tertiary/aromatic N) is 5. The molecule has 0 aliphatic heterocycles. The van der Waals surface area contributed by atoms with Gasteiger partial charge in [-0.25, -0.2) is 9.97 Å². The molecule has 0 radical (unpaired) electrons. The van der Waals surface area contributed by atoms with Gasteiger partial charge in [-0.05, 0) is 49.6 Å². The molecule has 2 amide bonds. The number of aliphatic hydroxyl groups excluding tert-OH is 1. The third-order valence-electron chi connectivity index (χ3n) is 6.88. The highest BCUT2D eigenvalue weighted by Gasteiger charge is 2.13. The van der Waals surface area contributed by atoms with E-state index in [0.717, 1.165) is 39.0 Å². The summed E-state index contributed by atoms with van der Waals surface area (Å²) in [5.41, 5.74) is 10.2. The molecule has 10 heteroatoms. The van der Waals surface area contributed by atoms with Crippen molar-refractivity contribution >= 4 is 39.4 Å². The molecule has 4 N–H and O–H groups in total. The minimum Gasteiger partial charge on any atom is -0.373 e. The lowest BCUT2D eigenvalue weighted by Crippen LogP contribution is -2.13. The molecular weight excluding hydrogens is 482 g/mol. The Hall–Kier alpha value is -4.44. The monoisotopic (exact) mass is 513 g/mol. The second kappa shape index (κ2) is 10.5. The van der Waals surface area contributed by atoms with Gasteiger partial charge in [-0.15, -0.1) is 0 Å². The van der Waals surface area contributed by atoms with Crippen molar-refractivity contribution in [2.24, 2.45) is 12.8 Å². The highest BCUT2D eigenvalue weighted by molar-refractivity contribution is 5.94. The van der Waals surface area contributed by atoms with Crippen molar-refractivity contribution in [1.82, 2.24) is 23.7 Å². The average molecular weight is 514 g/mol. The lowest BCUT2D eigenvalue weighted by atomic mass is 10.1. The van der Waals surface area contributed by atoms with Gasteiger partial charge in [0.25, 0.3) is 5.91 Å². The second-order valence-corrected chi connectivity index (χ2v) is 9.55. The molecule has 2 aromatic carbocycles. The summed E-state index contributed by atoms with van der Waals surface area (Å²) in [6.45, 7) is 2.74. The van der Waals surface area contributed by atoms with E-state index in [4.69, 9.17) is 5.73 Å². The highest BCUT2D eigenvalue weighted by Crippen LogP contribution is 2.26. The van der Waals surface area contributed by atoms with Gasteiger partial charge in [0, 0.05) is 49.9 Å². The van der Waals surface area contributed by atoms with Crippen LogP contribution in [0.3, 0.4) is 0 Å². The Bertz CT molecular complexity index is 1630. The molecule has 0 saturated heterocycles. The molecular formula is C28H31N7O3. The molecule has 0 aliphatic rings. The van der Waals surface area contributed by atoms with Crippen molar-refractivity contribution in [3.8, 4) is 0 Å². The number of carbonyl (C=O) groups excluding carboxylic acids is 2. The maximum Gasteiger partial charge on any atom is 0.268 e. The molecule has 196 valence electrons. The zero-order valence-corrected chi connectivity index (χ0v) is 21.5. The van der Waals surface area contributed by atoms with Crippen molar-refractivity contribution in [2.45, 2.75) is 45.4 Å². The van der Waals surface area contributed by atoms with E-state index in [-0.39, 0.29) is 11.6 Å². The van der Waals surface area contributed by atoms with Crippen LogP contribution in [-0.4, -0.2) is 40.6 Å². The molecule has 3 aromatic heterocycles. The maximum absolute atomic E-state index is 12.7. The number of anilines is 1. The summed E-state index contributed by atoms with van der Waals surface area (Å²) < 4.78 is 5.65. The molecule has 0 fully saturated rings. The highest BCUT2D eigenvalue weighted by atomic mass is 16.3. The molecule has 10 nitrogen and oxygen atoms in total. The number of aryl methyl sites for hydroxylation is 4. The largest absolute Gasteiger partial charge is 0.373 e. The third-order valence-corrected chi connectivity index (χ3v) is 6.88. The Morgan fingerprint density at radius 1 is 1.13 bits per heavy atom. The van der Waals surface area contributed by atoms with E-state index >= 15 is 0 Å². The first-order chi connectivity index (χ1) is 18.3. The standard InChI is InChI=1S/C28H31N7O3/c1-18-15-34(13-5-8-27(37)35-16-22(28(29)38)30-17-35)24-14-19(9-10-20(18)24)31-26(36)12-11-25-32-21-6-3-4-7-23(21)33(25)2/h3-4,6-7,9-10,14-17,27,37H,5,8,11-13H2,1-2H3,(H2,29,38)(H,31,36)/t27-/m1/s1. The van der Waals surface area contributed by atoms with Crippen LogP contribution in [0.1, 0.15) is 47.4 Å². The number of carbonyl (C=O) groups is 2. The summed E-state index contributed by atoms with van der Waals surface area (Å²) in [4.78, 5) is 32.5. The number of benzene rings is 2. The van der Waals surface area contributed by atoms with Crippen molar-refractivity contribution in [2.75, 3.05) is 5.32 Å². The summed E-state index contributed by atoms with van der Waals surface area (Å²) in [6, 6.07) is 13.9. The fourth-order valence-corrected chi connectivity index (χ4v) is 4.83. The summed E-state index contributed by atoms with van der Waals surface area (Å²) in [5, 5.41) is 14.6. The van der Waals surface area contributed by atoms with Crippen LogP contribution in [0.2, 0.25) is 0 Å². The van der Waals surface area contributed by atoms with Gasteiger partial charge in [-0.2, -0.15) is 0 Å². The van der Waals surface area contributed by atoms with Gasteiger partial charge in [0.05, 0.1) is 22.9 Å². The maximum atomic E-state index is 12.7. The van der Waals surface area contributed by atoms with Crippen LogP contribution < -0.4 is 11.1 Å². The summed E-state index contributed by atoms with van der Waals surface area (Å²) in [5.74, 6) is 0.188. The number of amides is 2. The Morgan fingerprint density at radius 2 is 1.95 bits per heavy atom. The second-order valence-electron chi connectivity index (χ2n) is 9.55. The lowest BCUT2D eigenvalue weighted by Gasteiger charge is -2.13. The zero-order valence-electron chi connectivity index (χ0n) is 21.5. The van der Waals surface area contributed by atoms with E-state index in [1.807, 2.05) is 54.1 Å². The summed E-state index contributed by atoms with van der Waals surface area (Å²) in [7, 11) is 1.97. The number of nitrogens with one attached hydrogen (secondary N) is 1. The number of hydrogen-bond acceptors (Lipinski definition) is 5. The van der Waals surface area contributed by atoms with Crippen molar-refractivity contribution < 1.29 is 14.7 Å². The Morgan fingerprint density at radius 3 is 2.71 bits per heavy atom. The third kappa shape index (κ3) is 5.16. The minimum atomic E-state index is -0.801. The van der Waals surface area contributed by atoms with E-state index in [1.54, 1.807) is 0 Å². The molecule has 0 spiro atoms. The minimum absolute atomic E-state index is 0.0648. The number of nitrogens with two attached hydrogens (primary N) is 1. The molecule has 0 bridgehead atoms.